The van der Waals surface area contributed by atoms with Crippen molar-refractivity contribution in [1.82, 2.24) is 0 Å². The quantitative estimate of drug-likeness (QED) is 0.883. The molecule has 0 aliphatic carbocycles. The molecule has 0 bridgehead atoms. The number of halogens is 3. The Hall–Kier alpha value is -1.78. The zero-order valence-electron chi connectivity index (χ0n) is 9.08. The van der Waals surface area contributed by atoms with Gasteiger partial charge in [0.25, 0.3) is 0 Å². The molecule has 0 saturated heterocycles. The van der Waals surface area contributed by atoms with E-state index in [1.165, 1.54) is 31.2 Å². The molecule has 5 heteroatoms. The van der Waals surface area contributed by atoms with Crippen LogP contribution in [0.1, 0.15) is 23.1 Å². The van der Waals surface area contributed by atoms with Gasteiger partial charge >= 0.3 is 12.1 Å². The van der Waals surface area contributed by atoms with E-state index in [2.05, 4.69) is 0 Å². The summed E-state index contributed by atoms with van der Waals surface area (Å²) in [5, 5.41) is 8.40. The van der Waals surface area contributed by atoms with E-state index < -0.39 is 17.7 Å². The van der Waals surface area contributed by atoms with Gasteiger partial charge in [-0.1, -0.05) is 24.3 Å². The predicted octanol–water partition coefficient (Wildman–Crippen LogP) is 3.50. The van der Waals surface area contributed by atoms with Crippen LogP contribution in [0.3, 0.4) is 0 Å². The van der Waals surface area contributed by atoms with Gasteiger partial charge in [0, 0.05) is 0 Å². The first-order chi connectivity index (χ1) is 7.80. The second kappa shape index (κ2) is 5.03. The lowest BCUT2D eigenvalue weighted by Crippen LogP contribution is -2.07. The third-order valence-electron chi connectivity index (χ3n) is 2.16. The van der Waals surface area contributed by atoms with Crippen molar-refractivity contribution in [3.63, 3.8) is 0 Å². The van der Waals surface area contributed by atoms with Crippen LogP contribution < -0.4 is 0 Å². The van der Waals surface area contributed by atoms with E-state index in [9.17, 15) is 18.0 Å². The summed E-state index contributed by atoms with van der Waals surface area (Å²) in [6, 6.07) is 3.69. The molecule has 0 aromatic heterocycles. The highest BCUT2D eigenvalue weighted by Crippen LogP contribution is 2.32. The number of hydrogen-bond donors (Lipinski definition) is 1. The van der Waals surface area contributed by atoms with Crippen LogP contribution in [-0.4, -0.2) is 11.1 Å². The van der Waals surface area contributed by atoms with Crippen LogP contribution in [0.25, 0.3) is 6.08 Å². The van der Waals surface area contributed by atoms with Gasteiger partial charge in [-0.05, 0) is 24.1 Å². The van der Waals surface area contributed by atoms with Crippen LogP contribution in [0.2, 0.25) is 0 Å². The van der Waals surface area contributed by atoms with Crippen LogP contribution in [0, 0.1) is 6.92 Å². The summed E-state index contributed by atoms with van der Waals surface area (Å²) >= 11 is 0. The number of carboxylic acid groups (broad SMARTS) is 1. The highest BCUT2D eigenvalue weighted by atomic mass is 19.4. The van der Waals surface area contributed by atoms with E-state index in [4.69, 9.17) is 5.11 Å². The summed E-state index contributed by atoms with van der Waals surface area (Å²) in [4.78, 5) is 10.2. The van der Waals surface area contributed by atoms with Gasteiger partial charge in [-0.2, -0.15) is 13.2 Å². The van der Waals surface area contributed by atoms with Crippen LogP contribution in [0.15, 0.2) is 24.3 Å². The molecule has 0 atom stereocenters. The van der Waals surface area contributed by atoms with E-state index in [0.29, 0.717) is 5.56 Å². The largest absolute Gasteiger partial charge is 0.481 e. The lowest BCUT2D eigenvalue weighted by Gasteiger charge is -2.10. The standard InChI is InChI=1S/C12H11F3O2/c1-8-7-9(3-2-4-11(16)17)5-6-10(8)12(13,14)15/h2-3,5-7H,4H2,1H3,(H,16,17). The smallest absolute Gasteiger partial charge is 0.416 e. The summed E-state index contributed by atoms with van der Waals surface area (Å²) in [6.07, 6.45) is -1.63. The van der Waals surface area contributed by atoms with E-state index >= 15 is 0 Å². The Morgan fingerprint density at radius 1 is 1.41 bits per heavy atom. The molecular weight excluding hydrogens is 233 g/mol. The Bertz CT molecular complexity index is 448. The Kier molecular flexibility index (Phi) is 3.93. The van der Waals surface area contributed by atoms with Gasteiger partial charge in [-0.15, -0.1) is 0 Å². The fraction of sp³-hybridized carbons (Fsp3) is 0.250. The van der Waals surface area contributed by atoms with Gasteiger partial charge in [0.2, 0.25) is 0 Å². The van der Waals surface area contributed by atoms with Crippen LogP contribution in [0.5, 0.6) is 0 Å². The van der Waals surface area contributed by atoms with Crippen molar-refractivity contribution in [2.75, 3.05) is 0 Å². The molecule has 92 valence electrons. The number of hydrogen-bond acceptors (Lipinski definition) is 1. The molecule has 1 N–H and O–H groups in total. The number of carboxylic acids is 1. The number of rotatable bonds is 3. The molecular formula is C12H11F3O2. The lowest BCUT2D eigenvalue weighted by atomic mass is 10.0. The van der Waals surface area contributed by atoms with Crippen LogP contribution in [0.4, 0.5) is 13.2 Å². The van der Waals surface area contributed by atoms with Crippen molar-refractivity contribution in [2.45, 2.75) is 19.5 Å². The summed E-state index contributed by atoms with van der Waals surface area (Å²) < 4.78 is 37.3. The number of benzene rings is 1. The van der Waals surface area contributed by atoms with E-state index in [1.54, 1.807) is 0 Å². The van der Waals surface area contributed by atoms with Crippen molar-refractivity contribution in [3.8, 4) is 0 Å². The summed E-state index contributed by atoms with van der Waals surface area (Å²) in [7, 11) is 0. The van der Waals surface area contributed by atoms with E-state index in [0.717, 1.165) is 6.07 Å². The Balaban J connectivity index is 2.90. The van der Waals surface area contributed by atoms with Gasteiger partial charge in [-0.25, -0.2) is 0 Å². The fourth-order valence-corrected chi connectivity index (χ4v) is 1.40. The van der Waals surface area contributed by atoms with Crippen molar-refractivity contribution in [1.29, 1.82) is 0 Å². The van der Waals surface area contributed by atoms with Gasteiger partial charge in [0.05, 0.1) is 12.0 Å². The summed E-state index contributed by atoms with van der Waals surface area (Å²) in [6.45, 7) is 1.37. The average Bonchev–Trinajstić information content (AvgIpc) is 2.14. The second-order valence-electron chi connectivity index (χ2n) is 3.57. The minimum Gasteiger partial charge on any atom is -0.481 e. The summed E-state index contributed by atoms with van der Waals surface area (Å²) in [5.41, 5.74) is -0.000361. The molecule has 0 aliphatic rings. The highest BCUT2D eigenvalue weighted by Gasteiger charge is 2.31. The molecule has 0 aliphatic heterocycles. The Morgan fingerprint density at radius 2 is 2.06 bits per heavy atom. The van der Waals surface area contributed by atoms with Gasteiger partial charge in [0.1, 0.15) is 0 Å². The Morgan fingerprint density at radius 3 is 2.53 bits per heavy atom. The molecule has 1 rings (SSSR count). The monoisotopic (exact) mass is 244 g/mol. The highest BCUT2D eigenvalue weighted by molar-refractivity contribution is 5.70. The van der Waals surface area contributed by atoms with Crippen LogP contribution in [-0.2, 0) is 11.0 Å². The molecule has 0 amide bonds. The first-order valence-corrected chi connectivity index (χ1v) is 4.87. The van der Waals surface area contributed by atoms with Crippen molar-refractivity contribution in [3.05, 3.63) is 41.0 Å². The van der Waals surface area contributed by atoms with Gasteiger partial charge < -0.3 is 5.11 Å². The zero-order chi connectivity index (χ0) is 13.1. The SMILES string of the molecule is Cc1cc(C=CCC(=O)O)ccc1C(F)(F)F. The molecule has 2 nitrogen and oxygen atoms in total. The van der Waals surface area contributed by atoms with Gasteiger partial charge in [0.15, 0.2) is 0 Å². The maximum absolute atomic E-state index is 12.4. The first kappa shape index (κ1) is 13.3. The molecule has 0 unspecified atom stereocenters. The third-order valence-corrected chi connectivity index (χ3v) is 2.16. The van der Waals surface area contributed by atoms with Crippen molar-refractivity contribution >= 4 is 12.0 Å². The second-order valence-corrected chi connectivity index (χ2v) is 3.57. The minimum absolute atomic E-state index is 0.120. The number of carbonyl (C=O) groups is 1. The van der Waals surface area contributed by atoms with E-state index in [-0.39, 0.29) is 12.0 Å². The minimum atomic E-state index is -4.35. The fourth-order valence-electron chi connectivity index (χ4n) is 1.40. The average molecular weight is 244 g/mol. The molecule has 1 aromatic rings. The maximum Gasteiger partial charge on any atom is 0.416 e. The normalized spacial score (nSPS) is 12.0. The molecule has 0 radical (unpaired) electrons. The number of alkyl halides is 3. The number of aliphatic carboxylic acids is 1. The number of aryl methyl sites for hydroxylation is 1. The third kappa shape index (κ3) is 3.94. The predicted molar refractivity (Wildman–Crippen MR) is 57.5 cm³/mol. The van der Waals surface area contributed by atoms with Gasteiger partial charge in [-0.3, -0.25) is 4.79 Å². The Labute approximate surface area is 96.4 Å². The molecule has 0 fully saturated rings. The molecule has 0 heterocycles. The van der Waals surface area contributed by atoms with Crippen molar-refractivity contribution < 1.29 is 23.1 Å². The lowest BCUT2D eigenvalue weighted by molar-refractivity contribution is -0.138. The first-order valence-electron chi connectivity index (χ1n) is 4.87. The maximum atomic E-state index is 12.4. The van der Waals surface area contributed by atoms with E-state index in [1.807, 2.05) is 0 Å². The molecule has 0 saturated carbocycles. The van der Waals surface area contributed by atoms with Crippen molar-refractivity contribution in [2.24, 2.45) is 0 Å². The van der Waals surface area contributed by atoms with Crippen LogP contribution >= 0.6 is 0 Å². The topological polar surface area (TPSA) is 37.3 Å². The zero-order valence-corrected chi connectivity index (χ0v) is 9.08. The molecule has 1 aromatic carbocycles. The molecule has 17 heavy (non-hydrogen) atoms. The summed E-state index contributed by atoms with van der Waals surface area (Å²) in [5.74, 6) is -0.982. The molecule has 0 spiro atoms.